The van der Waals surface area contributed by atoms with Crippen LogP contribution in [0.15, 0.2) is 17.5 Å². The first kappa shape index (κ1) is 8.23. The van der Waals surface area contributed by atoms with E-state index in [1.165, 1.54) is 11.3 Å². The number of carbonyl (C=O) groups is 2. The molecule has 0 bridgehead atoms. The second-order valence-corrected chi connectivity index (χ2v) is 2.85. The fourth-order valence-corrected chi connectivity index (χ4v) is 1.06. The zero-order valence-electron chi connectivity index (χ0n) is 5.24. The molecular weight excluding hydrogens is 188 g/mol. The lowest BCUT2D eigenvalue weighted by Crippen LogP contribution is -2.13. The van der Waals surface area contributed by atoms with Gasteiger partial charge in [0.1, 0.15) is 0 Å². The van der Waals surface area contributed by atoms with Crippen LogP contribution in [-0.4, -0.2) is 11.2 Å². The molecule has 0 aliphatic carbocycles. The average Bonchev–Trinajstić information content (AvgIpc) is 2.39. The van der Waals surface area contributed by atoms with Crippen LogP contribution in [0.25, 0.3) is 0 Å². The Kier molecular flexibility index (Phi) is 2.62. The molecule has 1 aromatic heterocycles. The molecule has 0 radical (unpaired) electrons. The Morgan fingerprint density at radius 1 is 1.55 bits per heavy atom. The van der Waals surface area contributed by atoms with Crippen molar-refractivity contribution in [2.75, 3.05) is 0 Å². The Balaban J connectivity index is 2.57. The second-order valence-electron chi connectivity index (χ2n) is 1.60. The van der Waals surface area contributed by atoms with Crippen LogP contribution in [0, 0.1) is 0 Å². The third-order valence-electron chi connectivity index (χ3n) is 0.849. The summed E-state index contributed by atoms with van der Waals surface area (Å²) in [5, 5.41) is 0.976. The fraction of sp³-hybridized carbons (Fsp3) is 0. The number of hydrogen-bond acceptors (Lipinski definition) is 4. The van der Waals surface area contributed by atoms with Crippen LogP contribution < -0.4 is 4.74 Å². The van der Waals surface area contributed by atoms with Crippen LogP contribution >= 0.6 is 22.9 Å². The predicted octanol–water partition coefficient (Wildman–Crippen LogP) is 1.42. The van der Waals surface area contributed by atoms with E-state index in [4.69, 9.17) is 11.6 Å². The largest absolute Gasteiger partial charge is 0.409 e. The van der Waals surface area contributed by atoms with Crippen molar-refractivity contribution in [1.82, 2.24) is 0 Å². The van der Waals surface area contributed by atoms with Gasteiger partial charge in [0.2, 0.25) is 0 Å². The first-order valence-corrected chi connectivity index (χ1v) is 3.91. The molecule has 0 spiro atoms. The molecule has 0 saturated heterocycles. The lowest BCUT2D eigenvalue weighted by molar-refractivity contribution is -0.143. The Morgan fingerprint density at radius 2 is 2.27 bits per heavy atom. The minimum Gasteiger partial charge on any atom is -0.409 e. The SMILES string of the molecule is O=C(Cl)C(=O)Oc1cccs1. The molecule has 0 aliphatic rings. The number of esters is 1. The monoisotopic (exact) mass is 190 g/mol. The summed E-state index contributed by atoms with van der Waals surface area (Å²) < 4.78 is 4.51. The van der Waals surface area contributed by atoms with Gasteiger partial charge in [0.25, 0.3) is 0 Å². The lowest BCUT2D eigenvalue weighted by atomic mass is 10.6. The van der Waals surface area contributed by atoms with Crippen LogP contribution in [0.1, 0.15) is 0 Å². The van der Waals surface area contributed by atoms with Crippen LogP contribution in [0.5, 0.6) is 5.06 Å². The zero-order chi connectivity index (χ0) is 8.27. The number of hydrogen-bond donors (Lipinski definition) is 0. The molecule has 0 aromatic carbocycles. The average molecular weight is 191 g/mol. The Hall–Kier alpha value is -0.870. The van der Waals surface area contributed by atoms with Crippen molar-refractivity contribution in [3.63, 3.8) is 0 Å². The molecule has 1 rings (SSSR count). The molecule has 3 nitrogen and oxygen atoms in total. The van der Waals surface area contributed by atoms with Crippen LogP contribution in [0.3, 0.4) is 0 Å². The van der Waals surface area contributed by atoms with Gasteiger partial charge in [-0.3, -0.25) is 4.79 Å². The highest BCUT2D eigenvalue weighted by molar-refractivity contribution is 7.12. The molecule has 0 amide bonds. The Morgan fingerprint density at radius 3 is 2.73 bits per heavy atom. The molecule has 11 heavy (non-hydrogen) atoms. The molecule has 0 N–H and O–H groups in total. The molecular formula is C6H3ClO3S. The van der Waals surface area contributed by atoms with Crippen molar-refractivity contribution in [3.05, 3.63) is 17.5 Å². The van der Waals surface area contributed by atoms with Gasteiger partial charge in [0.05, 0.1) is 0 Å². The van der Waals surface area contributed by atoms with Gasteiger partial charge in [-0.15, -0.1) is 11.3 Å². The molecule has 5 heteroatoms. The molecule has 0 unspecified atom stereocenters. The van der Waals surface area contributed by atoms with Crippen molar-refractivity contribution in [1.29, 1.82) is 0 Å². The smallest absolute Gasteiger partial charge is 0.397 e. The number of rotatable bonds is 2. The highest BCUT2D eigenvalue weighted by atomic mass is 35.5. The highest BCUT2D eigenvalue weighted by Gasteiger charge is 2.12. The van der Waals surface area contributed by atoms with Gasteiger partial charge in [-0.25, -0.2) is 4.79 Å². The van der Waals surface area contributed by atoms with Gasteiger partial charge in [-0.05, 0) is 29.1 Å². The Bertz CT molecular complexity index is 267. The maximum absolute atomic E-state index is 10.5. The summed E-state index contributed by atoms with van der Waals surface area (Å²) in [4.78, 5) is 20.7. The van der Waals surface area contributed by atoms with E-state index in [-0.39, 0.29) is 0 Å². The van der Waals surface area contributed by atoms with Gasteiger partial charge < -0.3 is 4.74 Å². The van der Waals surface area contributed by atoms with Crippen molar-refractivity contribution in [3.8, 4) is 5.06 Å². The predicted molar refractivity (Wildman–Crippen MR) is 40.8 cm³/mol. The minimum atomic E-state index is -1.11. The molecule has 1 heterocycles. The lowest BCUT2D eigenvalue weighted by Gasteiger charge is -1.93. The normalized spacial score (nSPS) is 9.18. The topological polar surface area (TPSA) is 43.4 Å². The Labute approximate surface area is 71.5 Å². The van der Waals surface area contributed by atoms with E-state index >= 15 is 0 Å². The zero-order valence-corrected chi connectivity index (χ0v) is 6.82. The van der Waals surface area contributed by atoms with Gasteiger partial charge in [-0.2, -0.15) is 0 Å². The van der Waals surface area contributed by atoms with Gasteiger partial charge in [-0.1, -0.05) is 0 Å². The number of halogens is 1. The van der Waals surface area contributed by atoms with Gasteiger partial charge in [0.15, 0.2) is 5.06 Å². The van der Waals surface area contributed by atoms with E-state index in [1.54, 1.807) is 17.5 Å². The molecule has 58 valence electrons. The first-order chi connectivity index (χ1) is 5.20. The molecule has 0 atom stereocenters. The maximum Gasteiger partial charge on any atom is 0.397 e. The molecule has 0 aliphatic heterocycles. The summed E-state index contributed by atoms with van der Waals surface area (Å²) >= 11 is 6.05. The van der Waals surface area contributed by atoms with E-state index in [2.05, 4.69) is 4.74 Å². The van der Waals surface area contributed by atoms with Crippen molar-refractivity contribution >= 4 is 34.1 Å². The van der Waals surface area contributed by atoms with Crippen LogP contribution in [-0.2, 0) is 9.59 Å². The number of ether oxygens (including phenoxy) is 1. The summed E-state index contributed by atoms with van der Waals surface area (Å²) in [5.41, 5.74) is 0. The standard InChI is InChI=1S/C6H3ClO3S/c7-5(8)6(9)10-4-2-1-3-11-4/h1-3H. The van der Waals surface area contributed by atoms with Gasteiger partial charge in [0, 0.05) is 0 Å². The van der Waals surface area contributed by atoms with Crippen molar-refractivity contribution < 1.29 is 14.3 Å². The number of thiophene rings is 1. The molecule has 1 aromatic rings. The van der Waals surface area contributed by atoms with E-state index < -0.39 is 11.2 Å². The van der Waals surface area contributed by atoms with Crippen molar-refractivity contribution in [2.24, 2.45) is 0 Å². The summed E-state index contributed by atoms with van der Waals surface area (Å²) in [5.74, 6) is -1.05. The summed E-state index contributed by atoms with van der Waals surface area (Å²) in [7, 11) is 0. The quantitative estimate of drug-likeness (QED) is 0.403. The summed E-state index contributed by atoms with van der Waals surface area (Å²) in [6.45, 7) is 0. The van der Waals surface area contributed by atoms with Crippen molar-refractivity contribution in [2.45, 2.75) is 0 Å². The molecule has 0 fully saturated rings. The summed E-state index contributed by atoms with van der Waals surface area (Å²) in [6.07, 6.45) is 0. The van der Waals surface area contributed by atoms with E-state index in [0.29, 0.717) is 5.06 Å². The number of carbonyl (C=O) groups excluding carboxylic acids is 2. The van der Waals surface area contributed by atoms with Crippen LogP contribution in [0.4, 0.5) is 0 Å². The minimum absolute atomic E-state index is 0.365. The van der Waals surface area contributed by atoms with Crippen LogP contribution in [0.2, 0.25) is 0 Å². The highest BCUT2D eigenvalue weighted by Crippen LogP contribution is 2.18. The second kappa shape index (κ2) is 3.50. The molecule has 0 saturated carbocycles. The first-order valence-electron chi connectivity index (χ1n) is 2.65. The van der Waals surface area contributed by atoms with Gasteiger partial charge >= 0.3 is 11.2 Å². The maximum atomic E-state index is 10.5. The van der Waals surface area contributed by atoms with E-state index in [0.717, 1.165) is 0 Å². The third kappa shape index (κ3) is 2.32. The van der Waals surface area contributed by atoms with E-state index in [1.807, 2.05) is 0 Å². The third-order valence-corrected chi connectivity index (χ3v) is 1.75. The van der Waals surface area contributed by atoms with E-state index in [9.17, 15) is 9.59 Å². The fourth-order valence-electron chi connectivity index (χ4n) is 0.453. The summed E-state index contributed by atoms with van der Waals surface area (Å²) in [6, 6.07) is 3.27.